The molecule has 23 heavy (non-hydrogen) atoms. The maximum Gasteiger partial charge on any atom is 0.213 e. The summed E-state index contributed by atoms with van der Waals surface area (Å²) < 4.78 is 7.37. The molecule has 0 bridgehead atoms. The lowest BCUT2D eigenvalue weighted by Crippen LogP contribution is -2.46. The van der Waals surface area contributed by atoms with E-state index in [1.807, 2.05) is 18.5 Å². The Hall–Kier alpha value is -2.08. The van der Waals surface area contributed by atoms with E-state index in [-0.39, 0.29) is 0 Å². The van der Waals surface area contributed by atoms with Crippen LogP contribution in [0.4, 0.5) is 5.69 Å². The van der Waals surface area contributed by atoms with Gasteiger partial charge in [0.25, 0.3) is 0 Å². The average Bonchev–Trinajstić information content (AvgIpc) is 3.04. The van der Waals surface area contributed by atoms with E-state index in [1.54, 1.807) is 7.11 Å². The molecular formula is C17H25N5O. The van der Waals surface area contributed by atoms with Crippen molar-refractivity contribution in [1.29, 1.82) is 0 Å². The molecule has 0 N–H and O–H groups in total. The van der Waals surface area contributed by atoms with E-state index in [0.717, 1.165) is 44.2 Å². The molecule has 0 aromatic carbocycles. The van der Waals surface area contributed by atoms with Gasteiger partial charge in [-0.3, -0.25) is 4.90 Å². The fourth-order valence-electron chi connectivity index (χ4n) is 2.98. The van der Waals surface area contributed by atoms with Crippen LogP contribution in [0.3, 0.4) is 0 Å². The lowest BCUT2D eigenvalue weighted by atomic mass is 10.2. The minimum atomic E-state index is 0.458. The van der Waals surface area contributed by atoms with Gasteiger partial charge < -0.3 is 14.2 Å². The van der Waals surface area contributed by atoms with E-state index < -0.39 is 0 Å². The number of aromatic nitrogens is 3. The summed E-state index contributed by atoms with van der Waals surface area (Å²) in [7, 11) is 1.64. The molecule has 0 saturated carbocycles. The molecular weight excluding hydrogens is 290 g/mol. The molecule has 3 heterocycles. The van der Waals surface area contributed by atoms with Crippen LogP contribution in [0.2, 0.25) is 0 Å². The van der Waals surface area contributed by atoms with Gasteiger partial charge in [-0.15, -0.1) is 0 Å². The van der Waals surface area contributed by atoms with Gasteiger partial charge in [0.15, 0.2) is 0 Å². The second-order valence-corrected chi connectivity index (χ2v) is 6.17. The Bertz CT molecular complexity index is 614. The van der Waals surface area contributed by atoms with Crippen LogP contribution >= 0.6 is 0 Å². The van der Waals surface area contributed by atoms with Gasteiger partial charge in [-0.2, -0.15) is 0 Å². The van der Waals surface area contributed by atoms with Gasteiger partial charge in [-0.25, -0.2) is 9.97 Å². The quantitative estimate of drug-likeness (QED) is 0.846. The van der Waals surface area contributed by atoms with Gasteiger partial charge in [0.1, 0.15) is 5.82 Å². The number of ether oxygens (including phenoxy) is 1. The van der Waals surface area contributed by atoms with Gasteiger partial charge in [0.05, 0.1) is 25.5 Å². The second kappa shape index (κ2) is 7.00. The van der Waals surface area contributed by atoms with Crippen molar-refractivity contribution in [2.75, 3.05) is 38.2 Å². The molecule has 6 heteroatoms. The topological polar surface area (TPSA) is 46.4 Å². The summed E-state index contributed by atoms with van der Waals surface area (Å²) in [5.74, 6) is 1.81. The van der Waals surface area contributed by atoms with Crippen molar-refractivity contribution >= 4 is 5.69 Å². The number of hydrogen-bond donors (Lipinski definition) is 0. The fourth-order valence-corrected chi connectivity index (χ4v) is 2.98. The number of nitrogens with zero attached hydrogens (tertiary/aromatic N) is 5. The molecule has 1 aliphatic heterocycles. The first-order chi connectivity index (χ1) is 11.2. The van der Waals surface area contributed by atoms with Gasteiger partial charge in [-0.1, -0.05) is 0 Å². The van der Waals surface area contributed by atoms with Crippen molar-refractivity contribution in [3.63, 3.8) is 0 Å². The zero-order chi connectivity index (χ0) is 16.2. The van der Waals surface area contributed by atoms with Crippen molar-refractivity contribution in [3.8, 4) is 5.88 Å². The molecule has 1 fully saturated rings. The van der Waals surface area contributed by atoms with Gasteiger partial charge in [-0.05, 0) is 19.9 Å². The Morgan fingerprint density at radius 1 is 1.13 bits per heavy atom. The highest BCUT2D eigenvalue weighted by atomic mass is 16.5. The Labute approximate surface area is 137 Å². The SMILES string of the molecule is COc1ccc(N2CCN(Cc3nccn3C(C)C)CC2)cn1. The van der Waals surface area contributed by atoms with E-state index in [1.165, 1.54) is 0 Å². The number of imidazole rings is 1. The van der Waals surface area contributed by atoms with Crippen LogP contribution in [-0.4, -0.2) is 52.7 Å². The summed E-state index contributed by atoms with van der Waals surface area (Å²) in [6.45, 7) is 9.40. The molecule has 0 spiro atoms. The predicted octanol–water partition coefficient (Wildman–Crippen LogP) is 2.19. The highest BCUT2D eigenvalue weighted by molar-refractivity contribution is 5.45. The van der Waals surface area contributed by atoms with Crippen LogP contribution in [0.5, 0.6) is 5.88 Å². The molecule has 0 unspecified atom stereocenters. The zero-order valence-electron chi connectivity index (χ0n) is 14.1. The summed E-state index contributed by atoms with van der Waals surface area (Å²) in [4.78, 5) is 13.6. The Morgan fingerprint density at radius 3 is 2.52 bits per heavy atom. The molecule has 1 aliphatic rings. The van der Waals surface area contributed by atoms with Gasteiger partial charge in [0.2, 0.25) is 5.88 Å². The molecule has 0 aliphatic carbocycles. The minimum absolute atomic E-state index is 0.458. The normalized spacial score (nSPS) is 16.1. The molecule has 0 atom stereocenters. The number of pyridine rings is 1. The van der Waals surface area contributed by atoms with Crippen LogP contribution in [0, 0.1) is 0 Å². The molecule has 1 saturated heterocycles. The summed E-state index contributed by atoms with van der Waals surface area (Å²) in [5, 5.41) is 0. The van der Waals surface area contributed by atoms with Crippen LogP contribution in [0.25, 0.3) is 0 Å². The lowest BCUT2D eigenvalue weighted by molar-refractivity contribution is 0.239. The first-order valence-electron chi connectivity index (χ1n) is 8.16. The molecule has 3 rings (SSSR count). The Balaban J connectivity index is 1.56. The van der Waals surface area contributed by atoms with Crippen LogP contribution in [0.15, 0.2) is 30.7 Å². The third-order valence-electron chi connectivity index (χ3n) is 4.34. The molecule has 2 aromatic rings. The van der Waals surface area contributed by atoms with Crippen molar-refractivity contribution in [3.05, 3.63) is 36.5 Å². The maximum atomic E-state index is 5.12. The summed E-state index contributed by atoms with van der Waals surface area (Å²) in [5.41, 5.74) is 1.16. The summed E-state index contributed by atoms with van der Waals surface area (Å²) in [6, 6.07) is 4.45. The molecule has 0 amide bonds. The van der Waals surface area contributed by atoms with E-state index >= 15 is 0 Å². The van der Waals surface area contributed by atoms with Crippen LogP contribution in [0.1, 0.15) is 25.7 Å². The van der Waals surface area contributed by atoms with Gasteiger partial charge >= 0.3 is 0 Å². The third-order valence-corrected chi connectivity index (χ3v) is 4.34. The molecule has 124 valence electrons. The largest absolute Gasteiger partial charge is 0.481 e. The monoisotopic (exact) mass is 315 g/mol. The second-order valence-electron chi connectivity index (χ2n) is 6.17. The fraction of sp³-hybridized carbons (Fsp3) is 0.529. The zero-order valence-corrected chi connectivity index (χ0v) is 14.1. The third kappa shape index (κ3) is 3.64. The summed E-state index contributed by atoms with van der Waals surface area (Å²) >= 11 is 0. The van der Waals surface area contributed by atoms with Crippen molar-refractivity contribution in [1.82, 2.24) is 19.4 Å². The van der Waals surface area contributed by atoms with E-state index in [9.17, 15) is 0 Å². The lowest BCUT2D eigenvalue weighted by Gasteiger charge is -2.35. The van der Waals surface area contributed by atoms with Crippen molar-refractivity contribution in [2.24, 2.45) is 0 Å². The van der Waals surface area contributed by atoms with E-state index in [4.69, 9.17) is 4.74 Å². The maximum absolute atomic E-state index is 5.12. The standard InChI is InChI=1S/C17H25N5O/c1-14(2)22-7-6-18-16(22)13-20-8-10-21(11-9-20)15-4-5-17(23-3)19-12-15/h4-7,12,14H,8-11,13H2,1-3H3. The smallest absolute Gasteiger partial charge is 0.213 e. The summed E-state index contributed by atoms with van der Waals surface area (Å²) in [6.07, 6.45) is 5.86. The molecule has 2 aromatic heterocycles. The van der Waals surface area contributed by atoms with E-state index in [0.29, 0.717) is 11.9 Å². The first-order valence-corrected chi connectivity index (χ1v) is 8.16. The minimum Gasteiger partial charge on any atom is -0.481 e. The predicted molar refractivity (Wildman–Crippen MR) is 90.9 cm³/mol. The number of anilines is 1. The number of methoxy groups -OCH3 is 1. The van der Waals surface area contributed by atoms with Gasteiger partial charge in [0, 0.05) is 50.7 Å². The Kier molecular flexibility index (Phi) is 4.81. The van der Waals surface area contributed by atoms with Crippen molar-refractivity contribution in [2.45, 2.75) is 26.4 Å². The molecule has 0 radical (unpaired) electrons. The Morgan fingerprint density at radius 2 is 1.91 bits per heavy atom. The number of rotatable bonds is 5. The van der Waals surface area contributed by atoms with Crippen LogP contribution < -0.4 is 9.64 Å². The first kappa shape index (κ1) is 15.8. The average molecular weight is 315 g/mol. The highest BCUT2D eigenvalue weighted by Gasteiger charge is 2.19. The highest BCUT2D eigenvalue weighted by Crippen LogP contribution is 2.19. The number of hydrogen-bond acceptors (Lipinski definition) is 5. The van der Waals surface area contributed by atoms with Crippen molar-refractivity contribution < 1.29 is 4.74 Å². The van der Waals surface area contributed by atoms with E-state index in [2.05, 4.69) is 50.4 Å². The molecule has 6 nitrogen and oxygen atoms in total. The van der Waals surface area contributed by atoms with Crippen LogP contribution in [-0.2, 0) is 6.54 Å². The number of piperazine rings is 1.